The molecule has 102 valence electrons. The van der Waals surface area contributed by atoms with Gasteiger partial charge in [-0.2, -0.15) is 0 Å². The van der Waals surface area contributed by atoms with E-state index in [4.69, 9.17) is 11.6 Å². The maximum Gasteiger partial charge on any atom is 0.299 e. The Balaban J connectivity index is 2.21. The van der Waals surface area contributed by atoms with Crippen molar-refractivity contribution in [2.24, 2.45) is 0 Å². The van der Waals surface area contributed by atoms with Crippen molar-refractivity contribution in [3.63, 3.8) is 0 Å². The van der Waals surface area contributed by atoms with E-state index in [1.54, 1.807) is 0 Å². The number of ketones is 1. The average molecular weight is 349 g/mol. The van der Waals surface area contributed by atoms with Gasteiger partial charge in [-0.3, -0.25) is 9.59 Å². The predicted molar refractivity (Wildman–Crippen MR) is 75.7 cm³/mol. The molecule has 0 saturated carbocycles. The van der Waals surface area contributed by atoms with E-state index in [1.807, 2.05) is 0 Å². The fraction of sp³-hybridized carbons (Fsp3) is 0.385. The first-order chi connectivity index (χ1) is 9.06. The Morgan fingerprint density at radius 1 is 1.21 bits per heavy atom. The second kappa shape index (κ2) is 6.01. The number of carbonyl (C=O) groups excluding carboxylic acids is 2. The third-order valence-electron chi connectivity index (χ3n) is 3.03. The van der Waals surface area contributed by atoms with Crippen molar-refractivity contribution in [3.8, 4) is 0 Å². The molecule has 2 rings (SSSR count). The number of hydrogen-bond acceptors (Lipinski definition) is 2. The van der Waals surface area contributed by atoms with Crippen molar-refractivity contribution < 1.29 is 14.0 Å². The topological polar surface area (TPSA) is 37.4 Å². The minimum absolute atomic E-state index is 0.138. The molecule has 19 heavy (non-hydrogen) atoms. The fourth-order valence-corrected chi connectivity index (χ4v) is 2.61. The molecule has 0 saturated heterocycles. The highest BCUT2D eigenvalue weighted by Gasteiger charge is 2.36. The molecule has 0 radical (unpaired) electrons. The van der Waals surface area contributed by atoms with E-state index in [9.17, 15) is 14.0 Å². The first-order valence-electron chi connectivity index (χ1n) is 5.97. The zero-order valence-corrected chi connectivity index (χ0v) is 12.4. The highest BCUT2D eigenvalue weighted by atomic mass is 79.9. The number of Topliss-reactive ketones (excluding diaryl/α,β-unsaturated/α-hetero) is 1. The number of halogens is 3. The molecule has 1 aromatic carbocycles. The Labute approximate surface area is 123 Å². The van der Waals surface area contributed by atoms with Crippen molar-refractivity contribution in [1.29, 1.82) is 0 Å². The first kappa shape index (κ1) is 14.5. The van der Waals surface area contributed by atoms with Crippen LogP contribution < -0.4 is 4.90 Å². The minimum atomic E-state index is -0.617. The third kappa shape index (κ3) is 2.82. The molecular formula is C13H12BrClFNO2. The van der Waals surface area contributed by atoms with Gasteiger partial charge < -0.3 is 4.90 Å². The largest absolute Gasteiger partial charge is 0.305 e. The minimum Gasteiger partial charge on any atom is -0.305 e. The monoisotopic (exact) mass is 347 g/mol. The van der Waals surface area contributed by atoms with E-state index in [1.165, 1.54) is 11.0 Å². The Morgan fingerprint density at radius 2 is 1.95 bits per heavy atom. The molecule has 3 nitrogen and oxygen atoms in total. The summed E-state index contributed by atoms with van der Waals surface area (Å²) in [5, 5.41) is 0.766. The van der Waals surface area contributed by atoms with Gasteiger partial charge in [0, 0.05) is 11.9 Å². The molecule has 0 atom stereocenters. The number of carbonyl (C=O) groups is 2. The van der Waals surface area contributed by atoms with Gasteiger partial charge in [0.1, 0.15) is 5.82 Å². The van der Waals surface area contributed by atoms with Crippen LogP contribution in [0.15, 0.2) is 12.1 Å². The van der Waals surface area contributed by atoms with Crippen molar-refractivity contribution in [3.05, 3.63) is 28.5 Å². The molecular weight excluding hydrogens is 337 g/mol. The molecule has 1 aromatic rings. The van der Waals surface area contributed by atoms with Gasteiger partial charge in [-0.05, 0) is 25.0 Å². The summed E-state index contributed by atoms with van der Waals surface area (Å²) in [5.41, 5.74) is 0.521. The van der Waals surface area contributed by atoms with E-state index < -0.39 is 17.5 Å². The van der Waals surface area contributed by atoms with Crippen molar-refractivity contribution in [2.45, 2.75) is 19.3 Å². The summed E-state index contributed by atoms with van der Waals surface area (Å²) in [6.07, 6.45) is 2.71. The normalized spacial score (nSPS) is 14.2. The first-order valence-corrected chi connectivity index (χ1v) is 7.47. The number of alkyl halides is 1. The van der Waals surface area contributed by atoms with Crippen LogP contribution in [0.5, 0.6) is 0 Å². The van der Waals surface area contributed by atoms with Crippen LogP contribution in [-0.2, 0) is 4.79 Å². The number of unbranched alkanes of at least 4 members (excludes halogenated alkanes) is 2. The van der Waals surface area contributed by atoms with Crippen molar-refractivity contribution in [2.75, 3.05) is 16.8 Å². The number of fused-ring (bicyclic) bond motifs is 1. The van der Waals surface area contributed by atoms with Gasteiger partial charge in [0.15, 0.2) is 0 Å². The van der Waals surface area contributed by atoms with E-state index >= 15 is 0 Å². The fourth-order valence-electron chi connectivity index (χ4n) is 2.05. The SMILES string of the molecule is O=C1C(=O)N(CCCCCBr)c2cc(F)c(Cl)cc21. The number of rotatable bonds is 5. The lowest BCUT2D eigenvalue weighted by Gasteiger charge is -2.16. The summed E-state index contributed by atoms with van der Waals surface area (Å²) < 4.78 is 13.5. The lowest BCUT2D eigenvalue weighted by Crippen LogP contribution is -2.30. The molecule has 1 aliphatic rings. The molecule has 1 amide bonds. The summed E-state index contributed by atoms with van der Waals surface area (Å²) in [4.78, 5) is 25.0. The standard InChI is InChI=1S/C13H12BrClFNO2/c14-4-2-1-3-5-17-11-7-10(16)9(15)6-8(11)12(18)13(17)19/h6-7H,1-5H2. The molecule has 6 heteroatoms. The van der Waals surface area contributed by atoms with Crippen LogP contribution in [0.2, 0.25) is 5.02 Å². The summed E-state index contributed by atoms with van der Waals surface area (Å²) in [6, 6.07) is 2.38. The average Bonchev–Trinajstić information content (AvgIpc) is 2.60. The van der Waals surface area contributed by atoms with Gasteiger partial charge in [-0.25, -0.2) is 4.39 Å². The molecule has 0 fully saturated rings. The molecule has 1 heterocycles. The van der Waals surface area contributed by atoms with E-state index in [2.05, 4.69) is 15.9 Å². The van der Waals surface area contributed by atoms with Crippen LogP contribution in [0.25, 0.3) is 0 Å². The number of anilines is 1. The van der Waals surface area contributed by atoms with Crippen LogP contribution in [0, 0.1) is 5.82 Å². The Kier molecular flexibility index (Phi) is 4.58. The number of nitrogens with zero attached hydrogens (tertiary/aromatic N) is 1. The molecule has 0 aliphatic carbocycles. The van der Waals surface area contributed by atoms with Gasteiger partial charge in [0.25, 0.3) is 11.7 Å². The highest BCUT2D eigenvalue weighted by molar-refractivity contribution is 9.09. The highest BCUT2D eigenvalue weighted by Crippen LogP contribution is 2.33. The van der Waals surface area contributed by atoms with Gasteiger partial charge >= 0.3 is 0 Å². The van der Waals surface area contributed by atoms with E-state index in [0.717, 1.165) is 30.7 Å². The third-order valence-corrected chi connectivity index (χ3v) is 3.88. The van der Waals surface area contributed by atoms with Crippen LogP contribution in [0.3, 0.4) is 0 Å². The zero-order valence-electron chi connectivity index (χ0n) is 10.1. The van der Waals surface area contributed by atoms with Crippen molar-refractivity contribution >= 4 is 44.9 Å². The number of hydrogen-bond donors (Lipinski definition) is 0. The molecule has 0 unspecified atom stereocenters. The van der Waals surface area contributed by atoms with Gasteiger partial charge in [-0.15, -0.1) is 0 Å². The second-order valence-corrected chi connectivity index (χ2v) is 5.52. The van der Waals surface area contributed by atoms with Crippen LogP contribution in [0.4, 0.5) is 10.1 Å². The Bertz CT molecular complexity index is 536. The molecule has 0 aromatic heterocycles. The Hall–Kier alpha value is -0.940. The van der Waals surface area contributed by atoms with Gasteiger partial charge in [0.2, 0.25) is 0 Å². The van der Waals surface area contributed by atoms with Crippen LogP contribution in [-0.4, -0.2) is 23.6 Å². The maximum atomic E-state index is 13.5. The smallest absolute Gasteiger partial charge is 0.299 e. The van der Waals surface area contributed by atoms with Crippen LogP contribution >= 0.6 is 27.5 Å². The summed E-state index contributed by atoms with van der Waals surface area (Å²) in [6.45, 7) is 0.422. The Morgan fingerprint density at radius 3 is 2.63 bits per heavy atom. The molecule has 0 spiro atoms. The van der Waals surface area contributed by atoms with E-state index in [-0.39, 0.29) is 10.6 Å². The van der Waals surface area contributed by atoms with Crippen LogP contribution in [0.1, 0.15) is 29.6 Å². The molecule has 0 bridgehead atoms. The number of amides is 1. The molecule has 0 N–H and O–H groups in total. The zero-order chi connectivity index (χ0) is 14.0. The summed E-state index contributed by atoms with van der Waals surface area (Å²) in [5.74, 6) is -1.83. The lowest BCUT2D eigenvalue weighted by molar-refractivity contribution is -0.114. The quantitative estimate of drug-likeness (QED) is 0.463. The summed E-state index contributed by atoms with van der Waals surface area (Å²) in [7, 11) is 0. The van der Waals surface area contributed by atoms with E-state index in [0.29, 0.717) is 12.2 Å². The lowest BCUT2D eigenvalue weighted by atomic mass is 10.1. The van der Waals surface area contributed by atoms with Gasteiger partial charge in [0.05, 0.1) is 16.3 Å². The predicted octanol–water partition coefficient (Wildman–Crippen LogP) is 3.57. The number of benzene rings is 1. The maximum absolute atomic E-state index is 13.5. The summed E-state index contributed by atoms with van der Waals surface area (Å²) >= 11 is 8.97. The van der Waals surface area contributed by atoms with Gasteiger partial charge in [-0.1, -0.05) is 34.0 Å². The van der Waals surface area contributed by atoms with Crippen molar-refractivity contribution in [1.82, 2.24) is 0 Å². The second-order valence-electron chi connectivity index (χ2n) is 4.32. The molecule has 1 aliphatic heterocycles.